The summed E-state index contributed by atoms with van der Waals surface area (Å²) in [5, 5.41) is 13.2. The van der Waals surface area contributed by atoms with Gasteiger partial charge in [0.05, 0.1) is 16.9 Å². The third-order valence-electron chi connectivity index (χ3n) is 4.98. The van der Waals surface area contributed by atoms with E-state index in [-0.39, 0.29) is 22.5 Å². The van der Waals surface area contributed by atoms with Crippen molar-refractivity contribution >= 4 is 29.0 Å². The Morgan fingerprint density at radius 3 is 2.19 bits per heavy atom. The molecule has 0 saturated heterocycles. The number of nitrogens with zero attached hydrogens (tertiary/aromatic N) is 1. The smallest absolute Gasteiger partial charge is 0.416 e. The van der Waals surface area contributed by atoms with Gasteiger partial charge in [-0.25, -0.2) is 0 Å². The minimum Gasteiger partial charge on any atom is -0.449 e. The summed E-state index contributed by atoms with van der Waals surface area (Å²) in [5.74, 6) is -2.22. The SMILES string of the molecule is O=C(CCC(=O)O[C@@H](C(=O)c1ccccc1)c1ccc([N+](=O)[O-])cc1)Nc1cccc(C(F)(F)F)c1. The lowest BCUT2D eigenvalue weighted by atomic mass is 9.99. The summed E-state index contributed by atoms with van der Waals surface area (Å²) in [5.41, 5.74) is -0.828. The van der Waals surface area contributed by atoms with E-state index in [1.807, 2.05) is 0 Å². The van der Waals surface area contributed by atoms with Crippen molar-refractivity contribution in [2.24, 2.45) is 0 Å². The van der Waals surface area contributed by atoms with Crippen LogP contribution in [-0.2, 0) is 20.5 Å². The number of alkyl halides is 3. The highest BCUT2D eigenvalue weighted by atomic mass is 19.4. The molecule has 0 fully saturated rings. The lowest BCUT2D eigenvalue weighted by Crippen LogP contribution is -2.21. The van der Waals surface area contributed by atoms with Crippen LogP contribution in [-0.4, -0.2) is 22.6 Å². The highest BCUT2D eigenvalue weighted by molar-refractivity contribution is 6.01. The Balaban J connectivity index is 1.68. The van der Waals surface area contributed by atoms with Gasteiger partial charge < -0.3 is 10.1 Å². The van der Waals surface area contributed by atoms with Gasteiger partial charge in [0, 0.05) is 35.4 Å². The molecular formula is C25H19F3N2O6. The van der Waals surface area contributed by atoms with Crippen molar-refractivity contribution in [2.45, 2.75) is 25.1 Å². The van der Waals surface area contributed by atoms with E-state index in [0.29, 0.717) is 0 Å². The van der Waals surface area contributed by atoms with Crippen molar-refractivity contribution in [1.29, 1.82) is 0 Å². The third kappa shape index (κ3) is 6.98. The predicted octanol–water partition coefficient (Wildman–Crippen LogP) is 5.50. The van der Waals surface area contributed by atoms with Crippen molar-refractivity contribution in [3.8, 4) is 0 Å². The van der Waals surface area contributed by atoms with E-state index in [1.54, 1.807) is 18.2 Å². The van der Waals surface area contributed by atoms with Crippen LogP contribution in [0.2, 0.25) is 0 Å². The number of hydrogen-bond donors (Lipinski definition) is 1. The Morgan fingerprint density at radius 2 is 1.58 bits per heavy atom. The van der Waals surface area contributed by atoms with Crippen molar-refractivity contribution < 1.29 is 37.2 Å². The van der Waals surface area contributed by atoms with Crippen LogP contribution in [0.3, 0.4) is 0 Å². The zero-order chi connectivity index (χ0) is 26.3. The lowest BCUT2D eigenvalue weighted by molar-refractivity contribution is -0.384. The third-order valence-corrected chi connectivity index (χ3v) is 4.98. The molecule has 3 aromatic carbocycles. The van der Waals surface area contributed by atoms with Crippen molar-refractivity contribution in [2.75, 3.05) is 5.32 Å². The lowest BCUT2D eigenvalue weighted by Gasteiger charge is -2.17. The number of nitro benzene ring substituents is 1. The van der Waals surface area contributed by atoms with Gasteiger partial charge in [-0.05, 0) is 30.3 Å². The summed E-state index contributed by atoms with van der Waals surface area (Å²) in [6.45, 7) is 0. The van der Waals surface area contributed by atoms with Gasteiger partial charge in [0.15, 0.2) is 6.10 Å². The van der Waals surface area contributed by atoms with Gasteiger partial charge in [0.2, 0.25) is 11.7 Å². The fourth-order valence-corrected chi connectivity index (χ4v) is 3.20. The maximum absolute atomic E-state index is 13.0. The first-order valence-corrected chi connectivity index (χ1v) is 10.5. The van der Waals surface area contributed by atoms with Gasteiger partial charge in [-0.15, -0.1) is 0 Å². The van der Waals surface area contributed by atoms with E-state index in [1.165, 1.54) is 30.3 Å². The first-order valence-electron chi connectivity index (χ1n) is 10.5. The second-order valence-electron chi connectivity index (χ2n) is 7.58. The fraction of sp³-hybridized carbons (Fsp3) is 0.160. The Morgan fingerprint density at radius 1 is 0.917 bits per heavy atom. The molecule has 1 atom stereocenters. The number of anilines is 1. The van der Waals surface area contributed by atoms with Gasteiger partial charge in [-0.1, -0.05) is 36.4 Å². The zero-order valence-electron chi connectivity index (χ0n) is 18.5. The summed E-state index contributed by atoms with van der Waals surface area (Å²) < 4.78 is 43.8. The van der Waals surface area contributed by atoms with Crippen LogP contribution < -0.4 is 5.32 Å². The molecule has 36 heavy (non-hydrogen) atoms. The van der Waals surface area contributed by atoms with Gasteiger partial charge in [-0.2, -0.15) is 13.2 Å². The molecule has 0 spiro atoms. The minimum atomic E-state index is -4.58. The molecule has 0 saturated carbocycles. The topological polar surface area (TPSA) is 116 Å². The monoisotopic (exact) mass is 500 g/mol. The van der Waals surface area contributed by atoms with Crippen LogP contribution in [0, 0.1) is 10.1 Å². The molecule has 0 heterocycles. The summed E-state index contributed by atoms with van der Waals surface area (Å²) in [4.78, 5) is 47.9. The first kappa shape index (κ1) is 26.1. The van der Waals surface area contributed by atoms with E-state index in [2.05, 4.69) is 5.32 Å². The minimum absolute atomic E-state index is 0.0915. The first-order chi connectivity index (χ1) is 17.0. The Labute approximate surface area is 202 Å². The number of benzene rings is 3. The van der Waals surface area contributed by atoms with Crippen LogP contribution >= 0.6 is 0 Å². The average Bonchev–Trinajstić information content (AvgIpc) is 2.86. The number of ketones is 1. The number of hydrogen-bond acceptors (Lipinski definition) is 6. The van der Waals surface area contributed by atoms with Gasteiger partial charge in [-0.3, -0.25) is 24.5 Å². The summed E-state index contributed by atoms with van der Waals surface area (Å²) >= 11 is 0. The molecule has 0 aliphatic heterocycles. The summed E-state index contributed by atoms with van der Waals surface area (Å²) in [7, 11) is 0. The molecule has 0 aromatic heterocycles. The van der Waals surface area contributed by atoms with Crippen LogP contribution in [0.25, 0.3) is 0 Å². The van der Waals surface area contributed by atoms with Crippen LogP contribution in [0.4, 0.5) is 24.5 Å². The Kier molecular flexibility index (Phi) is 8.15. The number of ether oxygens (including phenoxy) is 1. The Hall–Kier alpha value is -4.54. The second-order valence-corrected chi connectivity index (χ2v) is 7.58. The van der Waals surface area contributed by atoms with E-state index in [0.717, 1.165) is 30.3 Å². The number of carbonyl (C=O) groups excluding carboxylic acids is 3. The standard InChI is InChI=1S/C25H19F3N2O6/c26-25(27,28)18-7-4-8-19(15-18)29-21(31)13-14-22(32)36-24(23(33)16-5-2-1-3-6-16)17-9-11-20(12-10-17)30(34)35/h1-12,15,24H,13-14H2,(H,29,31)/t24-/m1/s1. The molecule has 3 rings (SSSR count). The molecular weight excluding hydrogens is 481 g/mol. The van der Waals surface area contributed by atoms with Gasteiger partial charge in [0.25, 0.3) is 5.69 Å². The number of nitro groups is 1. The number of rotatable bonds is 9. The number of halogens is 3. The molecule has 11 heteroatoms. The van der Waals surface area contributed by atoms with Crippen molar-refractivity contribution in [1.82, 2.24) is 0 Å². The number of non-ortho nitro benzene ring substituents is 1. The van der Waals surface area contributed by atoms with E-state index in [4.69, 9.17) is 4.74 Å². The molecule has 0 aliphatic rings. The molecule has 3 aromatic rings. The number of amides is 1. The normalized spacial score (nSPS) is 11.9. The van der Waals surface area contributed by atoms with E-state index in [9.17, 15) is 37.7 Å². The fourth-order valence-electron chi connectivity index (χ4n) is 3.20. The number of nitrogens with one attached hydrogen (secondary N) is 1. The van der Waals surface area contributed by atoms with E-state index < -0.39 is 53.3 Å². The van der Waals surface area contributed by atoms with Crippen molar-refractivity contribution in [3.63, 3.8) is 0 Å². The van der Waals surface area contributed by atoms with Crippen LogP contribution in [0.1, 0.15) is 40.4 Å². The van der Waals surface area contributed by atoms with Gasteiger partial charge >= 0.3 is 12.1 Å². The maximum atomic E-state index is 13.0. The Bertz CT molecular complexity index is 1260. The molecule has 8 nitrogen and oxygen atoms in total. The molecule has 1 N–H and O–H groups in total. The number of Topliss-reactive ketones (excluding diaryl/α,β-unsaturated/α-hetero) is 1. The zero-order valence-corrected chi connectivity index (χ0v) is 18.5. The van der Waals surface area contributed by atoms with Crippen LogP contribution in [0.15, 0.2) is 78.9 Å². The molecule has 0 bridgehead atoms. The molecule has 0 radical (unpaired) electrons. The van der Waals surface area contributed by atoms with Gasteiger partial charge in [0.1, 0.15) is 0 Å². The molecule has 186 valence electrons. The number of esters is 1. The number of carbonyl (C=O) groups is 3. The van der Waals surface area contributed by atoms with E-state index >= 15 is 0 Å². The largest absolute Gasteiger partial charge is 0.449 e. The van der Waals surface area contributed by atoms with Crippen molar-refractivity contribution in [3.05, 3.63) is 106 Å². The highest BCUT2D eigenvalue weighted by Crippen LogP contribution is 2.31. The van der Waals surface area contributed by atoms with Crippen LogP contribution in [0.5, 0.6) is 0 Å². The summed E-state index contributed by atoms with van der Waals surface area (Å²) in [6, 6.07) is 16.9. The highest BCUT2D eigenvalue weighted by Gasteiger charge is 2.30. The molecule has 0 aliphatic carbocycles. The second kappa shape index (κ2) is 11.3. The molecule has 1 amide bonds. The average molecular weight is 500 g/mol. The predicted molar refractivity (Wildman–Crippen MR) is 122 cm³/mol. The molecule has 0 unspecified atom stereocenters. The quantitative estimate of drug-likeness (QED) is 0.180. The maximum Gasteiger partial charge on any atom is 0.416 e. The summed E-state index contributed by atoms with van der Waals surface area (Å²) in [6.07, 6.45) is -6.88.